The molecule has 3 amide bonds. The summed E-state index contributed by atoms with van der Waals surface area (Å²) in [6, 6.07) is 11.3. The van der Waals surface area contributed by atoms with E-state index in [4.69, 9.17) is 0 Å². The fraction of sp³-hybridized carbons (Fsp3) is 0.348. The van der Waals surface area contributed by atoms with E-state index in [0.717, 1.165) is 0 Å². The molecule has 0 unspecified atom stereocenters. The first kappa shape index (κ1) is 21.5. The van der Waals surface area contributed by atoms with E-state index in [1.807, 2.05) is 28.8 Å². The third kappa shape index (κ3) is 4.61. The van der Waals surface area contributed by atoms with Crippen molar-refractivity contribution in [1.29, 1.82) is 0 Å². The molecule has 2 aromatic heterocycles. The Bertz CT molecular complexity index is 1160. The molecule has 32 heavy (non-hydrogen) atoms. The molecule has 0 saturated heterocycles. The van der Waals surface area contributed by atoms with E-state index in [1.54, 1.807) is 24.3 Å². The normalized spacial score (nSPS) is 16.8. The highest BCUT2D eigenvalue weighted by molar-refractivity contribution is 6.09. The van der Waals surface area contributed by atoms with Crippen LogP contribution in [0.25, 0.3) is 5.65 Å². The molecule has 3 aromatic rings. The van der Waals surface area contributed by atoms with Crippen molar-refractivity contribution < 1.29 is 14.4 Å². The van der Waals surface area contributed by atoms with Gasteiger partial charge < -0.3 is 16.0 Å². The van der Waals surface area contributed by atoms with Gasteiger partial charge in [-0.3, -0.25) is 18.8 Å². The van der Waals surface area contributed by atoms with E-state index in [2.05, 4.69) is 40.0 Å². The molecule has 0 spiro atoms. The minimum absolute atomic E-state index is 0.0834. The number of hydrogen-bond donors (Lipinski definition) is 3. The number of pyridine rings is 1. The molecule has 9 heteroatoms. The van der Waals surface area contributed by atoms with Crippen molar-refractivity contribution >= 4 is 29.1 Å². The molecule has 3 heterocycles. The number of benzene rings is 1. The van der Waals surface area contributed by atoms with Gasteiger partial charge in [0.25, 0.3) is 5.91 Å². The number of rotatable bonds is 7. The highest BCUT2D eigenvalue weighted by atomic mass is 16.2. The fourth-order valence-electron chi connectivity index (χ4n) is 3.85. The zero-order valence-corrected chi connectivity index (χ0v) is 18.0. The standard InChI is InChI=1S/C23H26N6O3/c1-14(2)13-18(21-28-27-19-9-5-6-12-29(19)21)24-20(30)11-10-17-23(32)25-16-8-4-3-7-15(16)22(31)26-17/h3-9,12,14,17-18H,10-11,13H2,1-2H3,(H,24,30)(H,25,32)(H,26,31)/t17-,18+/m1/s1. The summed E-state index contributed by atoms with van der Waals surface area (Å²) < 4.78 is 1.86. The number of carbonyl (C=O) groups excluding carboxylic acids is 3. The first-order chi connectivity index (χ1) is 15.4. The van der Waals surface area contributed by atoms with Crippen LogP contribution in [0.3, 0.4) is 0 Å². The van der Waals surface area contributed by atoms with Crippen LogP contribution in [0.2, 0.25) is 0 Å². The number of nitrogens with one attached hydrogen (secondary N) is 3. The zero-order valence-electron chi connectivity index (χ0n) is 18.0. The molecule has 1 aliphatic rings. The number of para-hydroxylation sites is 1. The first-order valence-corrected chi connectivity index (χ1v) is 10.7. The van der Waals surface area contributed by atoms with Crippen LogP contribution in [-0.2, 0) is 9.59 Å². The van der Waals surface area contributed by atoms with Gasteiger partial charge in [-0.05, 0) is 43.0 Å². The minimum Gasteiger partial charge on any atom is -0.346 e. The van der Waals surface area contributed by atoms with Gasteiger partial charge >= 0.3 is 0 Å². The summed E-state index contributed by atoms with van der Waals surface area (Å²) >= 11 is 0. The quantitative estimate of drug-likeness (QED) is 0.528. The second-order valence-corrected chi connectivity index (χ2v) is 8.34. The van der Waals surface area contributed by atoms with Crippen LogP contribution in [-0.4, -0.2) is 38.4 Å². The lowest BCUT2D eigenvalue weighted by Crippen LogP contribution is -2.42. The number of nitrogens with zero attached hydrogens (tertiary/aromatic N) is 3. The van der Waals surface area contributed by atoms with Gasteiger partial charge in [-0.25, -0.2) is 0 Å². The summed E-state index contributed by atoms with van der Waals surface area (Å²) in [5, 5.41) is 17.0. The predicted octanol–water partition coefficient (Wildman–Crippen LogP) is 2.46. The minimum atomic E-state index is -0.793. The number of carbonyl (C=O) groups is 3. The van der Waals surface area contributed by atoms with Crippen LogP contribution in [0, 0.1) is 5.92 Å². The van der Waals surface area contributed by atoms with Crippen molar-refractivity contribution in [2.75, 3.05) is 5.32 Å². The molecule has 0 aliphatic carbocycles. The summed E-state index contributed by atoms with van der Waals surface area (Å²) in [6.07, 6.45) is 2.83. The Balaban J connectivity index is 1.43. The molecule has 1 aliphatic heterocycles. The van der Waals surface area contributed by atoms with Crippen LogP contribution in [0.15, 0.2) is 48.7 Å². The van der Waals surface area contributed by atoms with Gasteiger partial charge in [0.05, 0.1) is 17.3 Å². The van der Waals surface area contributed by atoms with Crippen LogP contribution in [0.1, 0.15) is 55.3 Å². The average molecular weight is 435 g/mol. The lowest BCUT2D eigenvalue weighted by Gasteiger charge is -2.20. The first-order valence-electron chi connectivity index (χ1n) is 10.7. The second-order valence-electron chi connectivity index (χ2n) is 8.34. The van der Waals surface area contributed by atoms with E-state index < -0.39 is 6.04 Å². The number of amides is 3. The van der Waals surface area contributed by atoms with E-state index in [-0.39, 0.29) is 36.6 Å². The largest absolute Gasteiger partial charge is 0.346 e. The third-order valence-corrected chi connectivity index (χ3v) is 5.41. The molecule has 9 nitrogen and oxygen atoms in total. The summed E-state index contributed by atoms with van der Waals surface area (Å²) in [5.74, 6) is 0.0998. The maximum Gasteiger partial charge on any atom is 0.254 e. The molecular formula is C23H26N6O3. The molecule has 166 valence electrons. The Kier molecular flexibility index (Phi) is 6.16. The smallest absolute Gasteiger partial charge is 0.254 e. The molecule has 3 N–H and O–H groups in total. The van der Waals surface area contributed by atoms with Crippen molar-refractivity contribution in [2.24, 2.45) is 5.92 Å². The molecule has 0 fully saturated rings. The molecule has 4 rings (SSSR count). The van der Waals surface area contributed by atoms with Crippen LogP contribution in [0.4, 0.5) is 5.69 Å². The van der Waals surface area contributed by atoms with Crippen LogP contribution < -0.4 is 16.0 Å². The molecule has 0 bridgehead atoms. The maximum atomic E-state index is 12.8. The Hall–Kier alpha value is -3.75. The highest BCUT2D eigenvalue weighted by Crippen LogP contribution is 2.22. The topological polar surface area (TPSA) is 117 Å². The van der Waals surface area contributed by atoms with Crippen LogP contribution >= 0.6 is 0 Å². The summed E-state index contributed by atoms with van der Waals surface area (Å²) in [6.45, 7) is 4.15. The Morgan fingerprint density at radius 1 is 1.12 bits per heavy atom. The lowest BCUT2D eigenvalue weighted by molar-refractivity contribution is -0.122. The molecular weight excluding hydrogens is 408 g/mol. The lowest BCUT2D eigenvalue weighted by atomic mass is 10.0. The van der Waals surface area contributed by atoms with Crippen molar-refractivity contribution in [3.63, 3.8) is 0 Å². The second kappa shape index (κ2) is 9.17. The van der Waals surface area contributed by atoms with Crippen molar-refractivity contribution in [1.82, 2.24) is 25.2 Å². The Morgan fingerprint density at radius 3 is 2.72 bits per heavy atom. The van der Waals surface area contributed by atoms with Gasteiger partial charge in [-0.15, -0.1) is 10.2 Å². The van der Waals surface area contributed by atoms with Gasteiger partial charge in [-0.1, -0.05) is 32.0 Å². The molecule has 1 aromatic carbocycles. The molecule has 0 saturated carbocycles. The zero-order chi connectivity index (χ0) is 22.7. The third-order valence-electron chi connectivity index (χ3n) is 5.41. The van der Waals surface area contributed by atoms with Gasteiger partial charge in [0, 0.05) is 12.6 Å². The molecule has 2 atom stereocenters. The van der Waals surface area contributed by atoms with E-state index in [0.29, 0.717) is 35.1 Å². The fourth-order valence-corrected chi connectivity index (χ4v) is 3.85. The number of aromatic nitrogens is 3. The van der Waals surface area contributed by atoms with Crippen molar-refractivity contribution in [3.05, 3.63) is 60.0 Å². The van der Waals surface area contributed by atoms with E-state index >= 15 is 0 Å². The summed E-state index contributed by atoms with van der Waals surface area (Å²) in [5.41, 5.74) is 1.59. The predicted molar refractivity (Wildman–Crippen MR) is 119 cm³/mol. The summed E-state index contributed by atoms with van der Waals surface area (Å²) in [7, 11) is 0. The molecule has 0 radical (unpaired) electrons. The SMILES string of the molecule is CC(C)C[C@H](NC(=O)CC[C@H]1NC(=O)c2ccccc2NC1=O)c1nnc2ccccn12. The van der Waals surface area contributed by atoms with Gasteiger partial charge in [0.2, 0.25) is 11.8 Å². The average Bonchev–Trinajstić information content (AvgIpc) is 3.15. The number of fused-ring (bicyclic) bond motifs is 2. The van der Waals surface area contributed by atoms with Gasteiger partial charge in [0.15, 0.2) is 11.5 Å². The summed E-state index contributed by atoms with van der Waals surface area (Å²) in [4.78, 5) is 37.8. The van der Waals surface area contributed by atoms with Crippen molar-refractivity contribution in [3.8, 4) is 0 Å². The highest BCUT2D eigenvalue weighted by Gasteiger charge is 2.28. The number of anilines is 1. The van der Waals surface area contributed by atoms with E-state index in [1.165, 1.54) is 0 Å². The monoisotopic (exact) mass is 434 g/mol. The van der Waals surface area contributed by atoms with Gasteiger partial charge in [-0.2, -0.15) is 0 Å². The van der Waals surface area contributed by atoms with Crippen LogP contribution in [0.5, 0.6) is 0 Å². The van der Waals surface area contributed by atoms with Crippen molar-refractivity contribution in [2.45, 2.75) is 45.2 Å². The van der Waals surface area contributed by atoms with E-state index in [9.17, 15) is 14.4 Å². The maximum absolute atomic E-state index is 12.8. The van der Waals surface area contributed by atoms with Gasteiger partial charge in [0.1, 0.15) is 6.04 Å². The Morgan fingerprint density at radius 2 is 1.91 bits per heavy atom. The number of hydrogen-bond acceptors (Lipinski definition) is 5. The Labute approximate surface area is 185 Å².